The number of carbonyl (C=O) groups is 1. The van der Waals surface area contributed by atoms with Crippen molar-refractivity contribution in [1.29, 1.82) is 0 Å². The smallest absolute Gasteiger partial charge is 0.323 e. The molecule has 0 radical (unpaired) electrons. The van der Waals surface area contributed by atoms with Gasteiger partial charge in [0.2, 0.25) is 0 Å². The van der Waals surface area contributed by atoms with Crippen LogP contribution in [0.25, 0.3) is 0 Å². The van der Waals surface area contributed by atoms with Gasteiger partial charge in [-0.05, 0) is 36.5 Å². The lowest BCUT2D eigenvalue weighted by Gasteiger charge is -2.35. The van der Waals surface area contributed by atoms with Crippen molar-refractivity contribution in [2.45, 2.75) is 57.5 Å². The summed E-state index contributed by atoms with van der Waals surface area (Å²) in [6.07, 6.45) is 1.24. The maximum atomic E-state index is 11.9. The summed E-state index contributed by atoms with van der Waals surface area (Å²) in [6.45, 7) is 8.12. The van der Waals surface area contributed by atoms with Crippen LogP contribution < -0.4 is 5.73 Å². The summed E-state index contributed by atoms with van der Waals surface area (Å²) in [5.74, 6) is -0.382. The predicted molar refractivity (Wildman–Crippen MR) is 87.2 cm³/mol. The van der Waals surface area contributed by atoms with Gasteiger partial charge in [-0.2, -0.15) is 0 Å². The number of ether oxygens (including phenoxy) is 1. The maximum Gasteiger partial charge on any atom is 0.323 e. The second-order valence-corrected chi connectivity index (χ2v) is 11.2. The normalized spacial score (nSPS) is 13.8. The number of hydrogen-bond donors (Lipinski definition) is 2. The number of nitrogens with two attached hydrogens (primary N) is 1. The molecule has 5 heteroatoms. The van der Waals surface area contributed by atoms with Gasteiger partial charge in [-0.15, -0.1) is 0 Å². The highest BCUT2D eigenvalue weighted by Gasteiger charge is 2.38. The van der Waals surface area contributed by atoms with Crippen LogP contribution in [0.2, 0.25) is 18.1 Å². The molecule has 0 spiro atoms. The van der Waals surface area contributed by atoms with Crippen LogP contribution in [0.1, 0.15) is 32.3 Å². The van der Waals surface area contributed by atoms with Gasteiger partial charge >= 0.3 is 5.97 Å². The third kappa shape index (κ3) is 5.61. The molecule has 1 atom stereocenters. The molecule has 0 aliphatic carbocycles. The number of carbonyl (C=O) groups excluding carboxylic acids is 1. The minimum atomic E-state index is -2.27. The lowest BCUT2D eigenvalue weighted by atomic mass is 10.0. The minimum absolute atomic E-state index is 0.176. The van der Waals surface area contributed by atoms with Gasteiger partial charge in [0.25, 0.3) is 0 Å². The van der Waals surface area contributed by atoms with Crippen LogP contribution in [0.15, 0.2) is 30.3 Å². The van der Waals surface area contributed by atoms with E-state index in [2.05, 4.69) is 0 Å². The molecule has 4 nitrogen and oxygen atoms in total. The summed E-state index contributed by atoms with van der Waals surface area (Å²) in [4.78, 5) is 22.1. The fourth-order valence-electron chi connectivity index (χ4n) is 1.78. The molecule has 1 rings (SSSR count). The van der Waals surface area contributed by atoms with Crippen molar-refractivity contribution in [3.8, 4) is 0 Å². The van der Waals surface area contributed by atoms with Crippen LogP contribution in [0.4, 0.5) is 0 Å². The first kappa shape index (κ1) is 17.9. The monoisotopic (exact) mass is 309 g/mol. The van der Waals surface area contributed by atoms with Crippen LogP contribution in [-0.4, -0.2) is 25.1 Å². The molecular weight excluding hydrogens is 282 g/mol. The Morgan fingerprint density at radius 2 is 1.90 bits per heavy atom. The molecule has 0 fully saturated rings. The Hall–Kier alpha value is -1.17. The second-order valence-electron chi connectivity index (χ2n) is 6.68. The molecule has 0 aliphatic rings. The highest BCUT2D eigenvalue weighted by atomic mass is 28.4. The first-order chi connectivity index (χ1) is 9.63. The first-order valence-corrected chi connectivity index (χ1v) is 10.3. The van der Waals surface area contributed by atoms with Crippen molar-refractivity contribution >= 4 is 14.3 Å². The molecule has 0 heterocycles. The summed E-state index contributed by atoms with van der Waals surface area (Å²) >= 11 is 0. The molecule has 0 bridgehead atoms. The molecule has 0 amide bonds. The molecule has 0 aliphatic heterocycles. The molecule has 118 valence electrons. The largest absolute Gasteiger partial charge is 0.460 e. The van der Waals surface area contributed by atoms with Crippen molar-refractivity contribution in [2.75, 3.05) is 0 Å². The summed E-state index contributed by atoms with van der Waals surface area (Å²) in [5.41, 5.74) is 6.84. The molecule has 0 aromatic heterocycles. The average molecular weight is 309 g/mol. The molecule has 1 aromatic rings. The standard InChI is InChI=1S/C16H27NO3Si/c1-16(2,21(3,4)19)11-10-14(17)15(18)20-12-13-8-6-5-7-9-13/h5-9,14,19H,10-12,17H2,1-4H3. The molecule has 0 saturated carbocycles. The number of hydrogen-bond acceptors (Lipinski definition) is 4. The fraction of sp³-hybridized carbons (Fsp3) is 0.562. The molecular formula is C16H27NO3Si. The summed E-state index contributed by atoms with van der Waals surface area (Å²) in [5, 5.41) is -0.176. The highest BCUT2D eigenvalue weighted by molar-refractivity contribution is 6.72. The Morgan fingerprint density at radius 1 is 1.33 bits per heavy atom. The molecule has 21 heavy (non-hydrogen) atoms. The van der Waals surface area contributed by atoms with Crippen LogP contribution in [-0.2, 0) is 16.1 Å². The Labute approximate surface area is 128 Å². The van der Waals surface area contributed by atoms with E-state index in [1.165, 1.54) is 0 Å². The number of benzene rings is 1. The molecule has 0 saturated heterocycles. The van der Waals surface area contributed by atoms with Gasteiger partial charge in [-0.3, -0.25) is 4.79 Å². The average Bonchev–Trinajstić information content (AvgIpc) is 2.42. The molecule has 1 aromatic carbocycles. The van der Waals surface area contributed by atoms with E-state index in [9.17, 15) is 9.59 Å². The summed E-state index contributed by atoms with van der Waals surface area (Å²) in [6, 6.07) is 8.90. The van der Waals surface area contributed by atoms with E-state index in [-0.39, 0.29) is 17.6 Å². The van der Waals surface area contributed by atoms with E-state index in [1.807, 2.05) is 57.3 Å². The van der Waals surface area contributed by atoms with E-state index < -0.39 is 14.4 Å². The third-order valence-corrected chi connectivity index (χ3v) is 7.83. The zero-order valence-electron chi connectivity index (χ0n) is 13.4. The maximum absolute atomic E-state index is 11.9. The zero-order valence-corrected chi connectivity index (χ0v) is 14.4. The van der Waals surface area contributed by atoms with Gasteiger partial charge in [-0.25, -0.2) is 0 Å². The van der Waals surface area contributed by atoms with Gasteiger partial charge in [0.05, 0.1) is 0 Å². The number of esters is 1. The van der Waals surface area contributed by atoms with Gasteiger partial charge in [0.15, 0.2) is 8.32 Å². The van der Waals surface area contributed by atoms with Crippen molar-refractivity contribution in [3.05, 3.63) is 35.9 Å². The van der Waals surface area contributed by atoms with Crippen LogP contribution >= 0.6 is 0 Å². The quantitative estimate of drug-likeness (QED) is 0.600. The van der Waals surface area contributed by atoms with E-state index in [4.69, 9.17) is 10.5 Å². The van der Waals surface area contributed by atoms with Gasteiger partial charge in [0, 0.05) is 0 Å². The Morgan fingerprint density at radius 3 is 2.43 bits per heavy atom. The minimum Gasteiger partial charge on any atom is -0.460 e. The van der Waals surface area contributed by atoms with Crippen LogP contribution in [0.3, 0.4) is 0 Å². The van der Waals surface area contributed by atoms with Gasteiger partial charge in [0.1, 0.15) is 12.6 Å². The molecule has 1 unspecified atom stereocenters. The highest BCUT2D eigenvalue weighted by Crippen LogP contribution is 2.39. The topological polar surface area (TPSA) is 72.6 Å². The van der Waals surface area contributed by atoms with Crippen molar-refractivity contribution in [2.24, 2.45) is 5.73 Å². The lowest BCUT2D eigenvalue weighted by molar-refractivity contribution is -0.146. The number of rotatable bonds is 7. The third-order valence-electron chi connectivity index (χ3n) is 4.26. The Balaban J connectivity index is 2.42. The van der Waals surface area contributed by atoms with E-state index in [1.54, 1.807) is 0 Å². The Kier molecular flexibility index (Phi) is 6.13. The predicted octanol–water partition coefficient (Wildman–Crippen LogP) is 2.81. The SMILES string of the molecule is CC(C)(CCC(N)C(=O)OCc1ccccc1)[Si](C)(C)O. The van der Waals surface area contributed by atoms with Crippen molar-refractivity contribution < 1.29 is 14.3 Å². The van der Waals surface area contributed by atoms with E-state index >= 15 is 0 Å². The van der Waals surface area contributed by atoms with E-state index in [0.29, 0.717) is 12.8 Å². The fourth-order valence-corrected chi connectivity index (χ4v) is 2.53. The Bertz CT molecular complexity index is 454. The van der Waals surface area contributed by atoms with Crippen molar-refractivity contribution in [1.82, 2.24) is 0 Å². The summed E-state index contributed by atoms with van der Waals surface area (Å²) < 4.78 is 5.23. The molecule has 3 N–H and O–H groups in total. The summed E-state index contributed by atoms with van der Waals surface area (Å²) in [7, 11) is -2.27. The lowest BCUT2D eigenvalue weighted by Crippen LogP contribution is -2.41. The van der Waals surface area contributed by atoms with Gasteiger partial charge < -0.3 is 15.3 Å². The van der Waals surface area contributed by atoms with Crippen LogP contribution in [0.5, 0.6) is 0 Å². The zero-order chi connectivity index (χ0) is 16.1. The second kappa shape index (κ2) is 7.20. The van der Waals surface area contributed by atoms with Crippen molar-refractivity contribution in [3.63, 3.8) is 0 Å². The van der Waals surface area contributed by atoms with Gasteiger partial charge in [-0.1, -0.05) is 44.2 Å². The first-order valence-electron chi connectivity index (χ1n) is 7.32. The van der Waals surface area contributed by atoms with Crippen LogP contribution in [0, 0.1) is 0 Å². The van der Waals surface area contributed by atoms with E-state index in [0.717, 1.165) is 5.56 Å².